The number of rotatable bonds is 4. The second-order valence-electron chi connectivity index (χ2n) is 6.14. The van der Waals surface area contributed by atoms with Crippen molar-refractivity contribution in [3.05, 3.63) is 59.7 Å². The van der Waals surface area contributed by atoms with Crippen molar-refractivity contribution in [2.24, 2.45) is 0 Å². The highest BCUT2D eigenvalue weighted by Gasteiger charge is 2.17. The first-order valence-electron chi connectivity index (χ1n) is 7.32. The second kappa shape index (κ2) is 7.00. The van der Waals surface area contributed by atoms with Crippen LogP contribution in [0.1, 0.15) is 47.3 Å². The van der Waals surface area contributed by atoms with Crippen LogP contribution in [0.25, 0.3) is 0 Å². The van der Waals surface area contributed by atoms with Crippen molar-refractivity contribution in [2.75, 3.05) is 0 Å². The van der Waals surface area contributed by atoms with Gasteiger partial charge in [-0.05, 0) is 45.0 Å². The van der Waals surface area contributed by atoms with E-state index in [-0.39, 0.29) is 23.0 Å². The molecule has 0 aliphatic rings. The molecule has 2 heterocycles. The van der Waals surface area contributed by atoms with E-state index in [1.165, 1.54) is 12.3 Å². The summed E-state index contributed by atoms with van der Waals surface area (Å²) in [6.07, 6.45) is 3.12. The van der Waals surface area contributed by atoms with Crippen molar-refractivity contribution in [1.29, 1.82) is 0 Å². The van der Waals surface area contributed by atoms with Gasteiger partial charge in [-0.1, -0.05) is 6.07 Å². The SMILES string of the molecule is CC(C)(C)NC(=O)c1cc(C(=O)NCc2ccccn2)ccn1. The van der Waals surface area contributed by atoms with Gasteiger partial charge in [0.1, 0.15) is 5.69 Å². The molecule has 0 aromatic carbocycles. The summed E-state index contributed by atoms with van der Waals surface area (Å²) in [5.74, 6) is -0.584. The van der Waals surface area contributed by atoms with Crippen LogP contribution in [0.5, 0.6) is 0 Å². The third-order valence-electron chi connectivity index (χ3n) is 2.90. The van der Waals surface area contributed by atoms with E-state index in [1.807, 2.05) is 39.0 Å². The Morgan fingerprint density at radius 3 is 2.48 bits per heavy atom. The molecule has 0 aliphatic heterocycles. The number of pyridine rings is 2. The van der Waals surface area contributed by atoms with E-state index in [9.17, 15) is 9.59 Å². The molecule has 6 nitrogen and oxygen atoms in total. The average molecular weight is 312 g/mol. The Morgan fingerprint density at radius 1 is 1.04 bits per heavy atom. The van der Waals surface area contributed by atoms with Crippen LogP contribution in [-0.2, 0) is 6.54 Å². The highest BCUT2D eigenvalue weighted by atomic mass is 16.2. The van der Waals surface area contributed by atoms with Crippen LogP contribution in [0.15, 0.2) is 42.7 Å². The molecule has 0 radical (unpaired) electrons. The lowest BCUT2D eigenvalue weighted by molar-refractivity contribution is 0.0914. The fraction of sp³-hybridized carbons (Fsp3) is 0.294. The van der Waals surface area contributed by atoms with E-state index in [4.69, 9.17) is 0 Å². The Hall–Kier alpha value is -2.76. The van der Waals surface area contributed by atoms with Crippen molar-refractivity contribution in [1.82, 2.24) is 20.6 Å². The molecule has 2 aromatic heterocycles. The zero-order chi connectivity index (χ0) is 16.9. The summed E-state index contributed by atoms with van der Waals surface area (Å²) >= 11 is 0. The van der Waals surface area contributed by atoms with Crippen LogP contribution < -0.4 is 10.6 Å². The van der Waals surface area contributed by atoms with Gasteiger partial charge in [-0.25, -0.2) is 0 Å². The van der Waals surface area contributed by atoms with Gasteiger partial charge in [-0.2, -0.15) is 0 Å². The first-order chi connectivity index (χ1) is 10.8. The van der Waals surface area contributed by atoms with Gasteiger partial charge in [0, 0.05) is 23.5 Å². The minimum atomic E-state index is -0.365. The molecule has 0 aliphatic carbocycles. The number of aromatic nitrogens is 2. The molecule has 0 saturated carbocycles. The van der Waals surface area contributed by atoms with Gasteiger partial charge in [-0.15, -0.1) is 0 Å². The molecule has 2 rings (SSSR count). The fourth-order valence-corrected chi connectivity index (χ4v) is 1.88. The smallest absolute Gasteiger partial charge is 0.270 e. The van der Waals surface area contributed by atoms with Gasteiger partial charge in [0.2, 0.25) is 0 Å². The number of amides is 2. The first-order valence-corrected chi connectivity index (χ1v) is 7.32. The Balaban J connectivity index is 2.04. The zero-order valence-electron chi connectivity index (χ0n) is 13.5. The molecule has 0 saturated heterocycles. The van der Waals surface area contributed by atoms with Crippen LogP contribution in [0, 0.1) is 0 Å². The molecule has 0 atom stereocenters. The maximum Gasteiger partial charge on any atom is 0.270 e. The summed E-state index contributed by atoms with van der Waals surface area (Å²) in [5, 5.41) is 5.58. The van der Waals surface area contributed by atoms with E-state index >= 15 is 0 Å². The van der Waals surface area contributed by atoms with E-state index in [0.717, 1.165) is 5.69 Å². The fourth-order valence-electron chi connectivity index (χ4n) is 1.88. The Bertz CT molecular complexity index is 693. The third-order valence-corrected chi connectivity index (χ3v) is 2.90. The summed E-state index contributed by atoms with van der Waals surface area (Å²) < 4.78 is 0. The normalized spacial score (nSPS) is 10.9. The number of carbonyl (C=O) groups is 2. The van der Waals surface area contributed by atoms with Crippen molar-refractivity contribution < 1.29 is 9.59 Å². The van der Waals surface area contributed by atoms with Crippen molar-refractivity contribution in [2.45, 2.75) is 32.9 Å². The van der Waals surface area contributed by atoms with Crippen LogP contribution >= 0.6 is 0 Å². The number of hydrogen-bond acceptors (Lipinski definition) is 4. The molecule has 2 amide bonds. The molecule has 23 heavy (non-hydrogen) atoms. The largest absolute Gasteiger partial charge is 0.346 e. The highest BCUT2D eigenvalue weighted by molar-refractivity contribution is 5.98. The van der Waals surface area contributed by atoms with Crippen LogP contribution in [-0.4, -0.2) is 27.3 Å². The van der Waals surface area contributed by atoms with Crippen molar-refractivity contribution in [3.8, 4) is 0 Å². The zero-order valence-corrected chi connectivity index (χ0v) is 13.5. The summed E-state index contributed by atoms with van der Waals surface area (Å²) in [7, 11) is 0. The predicted octanol–water partition coefficient (Wildman–Crippen LogP) is 1.93. The number of carbonyl (C=O) groups excluding carboxylic acids is 2. The summed E-state index contributed by atoms with van der Waals surface area (Å²) in [6.45, 7) is 5.97. The number of nitrogens with one attached hydrogen (secondary N) is 2. The van der Waals surface area contributed by atoms with Gasteiger partial charge in [0.25, 0.3) is 11.8 Å². The summed E-state index contributed by atoms with van der Waals surface area (Å²) in [6, 6.07) is 8.55. The van der Waals surface area contributed by atoms with E-state index < -0.39 is 0 Å². The van der Waals surface area contributed by atoms with Gasteiger partial charge in [0.15, 0.2) is 0 Å². The molecule has 0 spiro atoms. The molecule has 0 bridgehead atoms. The molecular weight excluding hydrogens is 292 g/mol. The van der Waals surface area contributed by atoms with E-state index in [2.05, 4.69) is 20.6 Å². The summed E-state index contributed by atoms with van der Waals surface area (Å²) in [5.41, 5.74) is 0.997. The predicted molar refractivity (Wildman–Crippen MR) is 86.9 cm³/mol. The topological polar surface area (TPSA) is 84.0 Å². The number of hydrogen-bond donors (Lipinski definition) is 2. The second-order valence-corrected chi connectivity index (χ2v) is 6.14. The van der Waals surface area contributed by atoms with E-state index in [1.54, 1.807) is 12.3 Å². The lowest BCUT2D eigenvalue weighted by Gasteiger charge is -2.20. The van der Waals surface area contributed by atoms with Crippen LogP contribution in [0.3, 0.4) is 0 Å². The highest BCUT2D eigenvalue weighted by Crippen LogP contribution is 2.06. The number of nitrogens with zero attached hydrogens (tertiary/aromatic N) is 2. The minimum Gasteiger partial charge on any atom is -0.346 e. The quantitative estimate of drug-likeness (QED) is 0.903. The molecule has 0 unspecified atom stereocenters. The minimum absolute atomic E-state index is 0.213. The van der Waals surface area contributed by atoms with Gasteiger partial charge in [-0.3, -0.25) is 19.6 Å². The monoisotopic (exact) mass is 312 g/mol. The Labute approximate surface area is 135 Å². The third kappa shape index (κ3) is 5.18. The van der Waals surface area contributed by atoms with Gasteiger partial charge < -0.3 is 10.6 Å². The first kappa shape index (κ1) is 16.6. The molecule has 120 valence electrons. The maximum atomic E-state index is 12.2. The lowest BCUT2D eigenvalue weighted by Crippen LogP contribution is -2.41. The molecule has 0 fully saturated rings. The van der Waals surface area contributed by atoms with Gasteiger partial charge in [0.05, 0.1) is 12.2 Å². The van der Waals surface area contributed by atoms with Crippen LogP contribution in [0.4, 0.5) is 0 Å². The van der Waals surface area contributed by atoms with Crippen molar-refractivity contribution >= 4 is 11.8 Å². The van der Waals surface area contributed by atoms with Gasteiger partial charge >= 0.3 is 0 Å². The average Bonchev–Trinajstić information content (AvgIpc) is 2.52. The standard InChI is InChI=1S/C17H20N4O2/c1-17(2,3)21-16(23)14-10-12(7-9-19-14)15(22)20-11-13-6-4-5-8-18-13/h4-10H,11H2,1-3H3,(H,20,22)(H,21,23). The van der Waals surface area contributed by atoms with E-state index in [0.29, 0.717) is 12.1 Å². The molecule has 2 aromatic rings. The lowest BCUT2D eigenvalue weighted by atomic mass is 10.1. The summed E-state index contributed by atoms with van der Waals surface area (Å²) in [4.78, 5) is 32.4. The molecular formula is C17H20N4O2. The van der Waals surface area contributed by atoms with Crippen LogP contribution in [0.2, 0.25) is 0 Å². The molecule has 6 heteroatoms. The van der Waals surface area contributed by atoms with Crippen molar-refractivity contribution in [3.63, 3.8) is 0 Å². The maximum absolute atomic E-state index is 12.2. The Kier molecular flexibility index (Phi) is 5.05. The Morgan fingerprint density at radius 2 is 1.83 bits per heavy atom. The molecule has 2 N–H and O–H groups in total.